The number of rotatable bonds is 5. The van der Waals surface area contributed by atoms with E-state index in [1.54, 1.807) is 25.6 Å². The molecular formula is C14H21NO2S. The number of carbonyl (C=O) groups is 1. The first-order valence-electron chi connectivity index (χ1n) is 5.91. The van der Waals surface area contributed by atoms with Crippen molar-refractivity contribution in [2.45, 2.75) is 37.2 Å². The molecule has 1 aromatic rings. The SMILES string of the molecule is CSc1ccc(C(C)N(C)C(C)(C)C(=O)O)cc1. The number of carboxylic acids is 1. The number of likely N-dealkylation sites (N-methyl/N-ethyl adjacent to an activating group) is 1. The topological polar surface area (TPSA) is 40.5 Å². The lowest BCUT2D eigenvalue weighted by Crippen LogP contribution is -2.48. The van der Waals surface area contributed by atoms with E-state index in [-0.39, 0.29) is 6.04 Å². The molecule has 1 unspecified atom stereocenters. The van der Waals surface area contributed by atoms with Crippen LogP contribution in [0.3, 0.4) is 0 Å². The highest BCUT2D eigenvalue weighted by Crippen LogP contribution is 2.27. The molecule has 0 fully saturated rings. The Balaban J connectivity index is 2.92. The minimum absolute atomic E-state index is 0.0620. The summed E-state index contributed by atoms with van der Waals surface area (Å²) in [7, 11) is 1.85. The molecule has 4 heteroatoms. The maximum absolute atomic E-state index is 11.3. The molecule has 0 amide bonds. The van der Waals surface area contributed by atoms with Crippen molar-refractivity contribution in [3.05, 3.63) is 29.8 Å². The summed E-state index contributed by atoms with van der Waals surface area (Å²) < 4.78 is 0. The fourth-order valence-corrected chi connectivity index (χ4v) is 2.15. The largest absolute Gasteiger partial charge is 0.480 e. The zero-order valence-corrected chi connectivity index (χ0v) is 12.4. The summed E-state index contributed by atoms with van der Waals surface area (Å²) in [5.41, 5.74) is 0.252. The number of carboxylic acid groups (broad SMARTS) is 1. The third kappa shape index (κ3) is 3.06. The number of thioether (sulfide) groups is 1. The van der Waals surface area contributed by atoms with Gasteiger partial charge in [-0.15, -0.1) is 11.8 Å². The molecule has 3 nitrogen and oxygen atoms in total. The van der Waals surface area contributed by atoms with E-state index >= 15 is 0 Å². The summed E-state index contributed by atoms with van der Waals surface area (Å²) in [5.74, 6) is -0.808. The van der Waals surface area contributed by atoms with Gasteiger partial charge in [-0.2, -0.15) is 0 Å². The maximum atomic E-state index is 11.3. The zero-order chi connectivity index (χ0) is 13.9. The number of nitrogens with zero attached hydrogens (tertiary/aromatic N) is 1. The molecule has 0 saturated heterocycles. The second-order valence-electron chi connectivity index (χ2n) is 4.92. The molecule has 0 saturated carbocycles. The number of hydrogen-bond donors (Lipinski definition) is 1. The van der Waals surface area contributed by atoms with Crippen molar-refractivity contribution in [1.82, 2.24) is 4.90 Å². The van der Waals surface area contributed by atoms with Gasteiger partial charge in [0, 0.05) is 10.9 Å². The molecule has 0 spiro atoms. The van der Waals surface area contributed by atoms with Crippen molar-refractivity contribution in [2.24, 2.45) is 0 Å². The Kier molecular flexibility index (Phi) is 4.82. The third-order valence-electron chi connectivity index (χ3n) is 3.58. The Bertz CT molecular complexity index is 414. The molecule has 18 heavy (non-hydrogen) atoms. The molecular weight excluding hydrogens is 246 g/mol. The van der Waals surface area contributed by atoms with E-state index in [2.05, 4.69) is 24.3 Å². The second kappa shape index (κ2) is 5.76. The van der Waals surface area contributed by atoms with Gasteiger partial charge < -0.3 is 5.11 Å². The lowest BCUT2D eigenvalue weighted by atomic mass is 9.98. The molecule has 0 bridgehead atoms. The van der Waals surface area contributed by atoms with E-state index in [0.717, 1.165) is 5.56 Å². The molecule has 1 aromatic carbocycles. The summed E-state index contributed by atoms with van der Waals surface area (Å²) in [5, 5.41) is 9.24. The standard InChI is InChI=1S/C14H21NO2S/c1-10(15(4)14(2,3)13(16)17)11-6-8-12(18-5)9-7-11/h6-10H,1-5H3,(H,16,17). The van der Waals surface area contributed by atoms with Crippen molar-refractivity contribution in [2.75, 3.05) is 13.3 Å². The fraction of sp³-hybridized carbons (Fsp3) is 0.500. The van der Waals surface area contributed by atoms with Gasteiger partial charge in [0.25, 0.3) is 0 Å². The molecule has 0 aromatic heterocycles. The molecule has 1 rings (SSSR count). The van der Waals surface area contributed by atoms with E-state index in [4.69, 9.17) is 0 Å². The Labute approximate surface area is 113 Å². The summed E-state index contributed by atoms with van der Waals surface area (Å²) >= 11 is 1.70. The summed E-state index contributed by atoms with van der Waals surface area (Å²) in [4.78, 5) is 14.3. The van der Waals surface area contributed by atoms with E-state index in [9.17, 15) is 9.90 Å². The van der Waals surface area contributed by atoms with Gasteiger partial charge in [0.1, 0.15) is 5.54 Å². The van der Waals surface area contributed by atoms with Crippen LogP contribution in [0.25, 0.3) is 0 Å². The molecule has 0 aliphatic carbocycles. The maximum Gasteiger partial charge on any atom is 0.323 e. The van der Waals surface area contributed by atoms with Crippen molar-refractivity contribution >= 4 is 17.7 Å². The lowest BCUT2D eigenvalue weighted by Gasteiger charge is -2.36. The summed E-state index contributed by atoms with van der Waals surface area (Å²) in [6.07, 6.45) is 2.04. The monoisotopic (exact) mass is 267 g/mol. The first-order valence-corrected chi connectivity index (χ1v) is 7.13. The first kappa shape index (κ1) is 15.1. The average Bonchev–Trinajstić information content (AvgIpc) is 2.36. The fourth-order valence-electron chi connectivity index (χ4n) is 1.74. The van der Waals surface area contributed by atoms with Crippen LogP contribution in [-0.2, 0) is 4.79 Å². The Morgan fingerprint density at radius 3 is 2.22 bits per heavy atom. The smallest absolute Gasteiger partial charge is 0.323 e. The number of benzene rings is 1. The van der Waals surface area contributed by atoms with Crippen molar-refractivity contribution in [1.29, 1.82) is 0 Å². The van der Waals surface area contributed by atoms with Crippen LogP contribution in [0.4, 0.5) is 0 Å². The van der Waals surface area contributed by atoms with Crippen molar-refractivity contribution in [3.63, 3.8) is 0 Å². The van der Waals surface area contributed by atoms with Crippen molar-refractivity contribution in [3.8, 4) is 0 Å². The highest BCUT2D eigenvalue weighted by molar-refractivity contribution is 7.98. The van der Waals surface area contributed by atoms with Crippen LogP contribution in [0, 0.1) is 0 Å². The summed E-state index contributed by atoms with van der Waals surface area (Å²) in [6, 6.07) is 8.32. The van der Waals surface area contributed by atoms with E-state index < -0.39 is 11.5 Å². The van der Waals surface area contributed by atoms with Crippen LogP contribution in [0.5, 0.6) is 0 Å². The Morgan fingerprint density at radius 2 is 1.83 bits per heavy atom. The van der Waals surface area contributed by atoms with Crippen LogP contribution in [0.2, 0.25) is 0 Å². The molecule has 100 valence electrons. The van der Waals surface area contributed by atoms with Gasteiger partial charge in [0.15, 0.2) is 0 Å². The Hall–Kier alpha value is -1.00. The normalized spacial score (nSPS) is 13.7. The van der Waals surface area contributed by atoms with E-state index in [1.807, 2.05) is 25.1 Å². The quantitative estimate of drug-likeness (QED) is 0.831. The van der Waals surface area contributed by atoms with Gasteiger partial charge in [-0.1, -0.05) is 12.1 Å². The van der Waals surface area contributed by atoms with E-state index in [1.165, 1.54) is 4.90 Å². The van der Waals surface area contributed by atoms with Gasteiger partial charge in [-0.05, 0) is 51.8 Å². The van der Waals surface area contributed by atoms with Gasteiger partial charge in [-0.3, -0.25) is 9.69 Å². The minimum Gasteiger partial charge on any atom is -0.480 e. The second-order valence-corrected chi connectivity index (χ2v) is 5.80. The first-order chi connectivity index (χ1) is 8.30. The molecule has 1 N–H and O–H groups in total. The third-order valence-corrected chi connectivity index (χ3v) is 4.33. The zero-order valence-electron chi connectivity index (χ0n) is 11.6. The van der Waals surface area contributed by atoms with E-state index in [0.29, 0.717) is 0 Å². The number of aliphatic carboxylic acids is 1. The van der Waals surface area contributed by atoms with Gasteiger partial charge in [-0.25, -0.2) is 0 Å². The number of hydrogen-bond acceptors (Lipinski definition) is 3. The highest BCUT2D eigenvalue weighted by atomic mass is 32.2. The molecule has 0 aliphatic rings. The Morgan fingerprint density at radius 1 is 1.33 bits per heavy atom. The molecule has 1 atom stereocenters. The van der Waals surface area contributed by atoms with Crippen LogP contribution in [-0.4, -0.2) is 34.8 Å². The predicted octanol–water partition coefficient (Wildman–Crippen LogP) is 3.26. The van der Waals surface area contributed by atoms with Gasteiger partial charge >= 0.3 is 5.97 Å². The summed E-state index contributed by atoms with van der Waals surface area (Å²) in [6.45, 7) is 5.48. The van der Waals surface area contributed by atoms with Crippen LogP contribution < -0.4 is 0 Å². The van der Waals surface area contributed by atoms with Crippen LogP contribution in [0.1, 0.15) is 32.4 Å². The average molecular weight is 267 g/mol. The van der Waals surface area contributed by atoms with Gasteiger partial charge in [0.05, 0.1) is 0 Å². The lowest BCUT2D eigenvalue weighted by molar-refractivity contribution is -0.149. The van der Waals surface area contributed by atoms with Gasteiger partial charge in [0.2, 0.25) is 0 Å². The minimum atomic E-state index is -0.877. The molecule has 0 heterocycles. The van der Waals surface area contributed by atoms with Crippen LogP contribution in [0.15, 0.2) is 29.2 Å². The van der Waals surface area contributed by atoms with Crippen molar-refractivity contribution < 1.29 is 9.90 Å². The molecule has 0 radical (unpaired) electrons. The highest BCUT2D eigenvalue weighted by Gasteiger charge is 2.35. The molecule has 0 aliphatic heterocycles. The predicted molar refractivity (Wildman–Crippen MR) is 76.1 cm³/mol. The van der Waals surface area contributed by atoms with Crippen LogP contribution >= 0.6 is 11.8 Å².